The van der Waals surface area contributed by atoms with Crippen LogP contribution in [0.1, 0.15) is 64.4 Å². The maximum Gasteiger partial charge on any atom is 0.243 e. The van der Waals surface area contributed by atoms with E-state index in [9.17, 15) is 14.0 Å². The van der Waals surface area contributed by atoms with Crippen LogP contribution in [0.25, 0.3) is 0 Å². The number of carbonyl (C=O) groups excluding carboxylic acids is 2. The van der Waals surface area contributed by atoms with Gasteiger partial charge in [-0.1, -0.05) is 51.7 Å². The first-order chi connectivity index (χ1) is 11.7. The zero-order chi connectivity index (χ0) is 18.3. The fourth-order valence-corrected chi connectivity index (χ4v) is 4.45. The summed E-state index contributed by atoms with van der Waals surface area (Å²) in [6, 6.07) is 6.12. The minimum atomic E-state index is -0.959. The second kappa shape index (κ2) is 6.11. The number of primary amides is 1. The molecule has 136 valence electrons. The van der Waals surface area contributed by atoms with Crippen molar-refractivity contribution in [2.24, 2.45) is 11.1 Å². The third kappa shape index (κ3) is 2.94. The number of carbonyl (C=O) groups is 2. The van der Waals surface area contributed by atoms with Gasteiger partial charge in [0.25, 0.3) is 0 Å². The van der Waals surface area contributed by atoms with Crippen LogP contribution in [0.5, 0.6) is 0 Å². The molecule has 25 heavy (non-hydrogen) atoms. The molecule has 2 amide bonds. The van der Waals surface area contributed by atoms with Crippen LogP contribution in [0, 0.1) is 11.2 Å². The fraction of sp³-hybridized carbons (Fsp3) is 0.600. The van der Waals surface area contributed by atoms with Gasteiger partial charge in [-0.2, -0.15) is 0 Å². The molecule has 0 radical (unpaired) electrons. The minimum absolute atomic E-state index is 0.162. The number of rotatable bonds is 4. The van der Waals surface area contributed by atoms with Gasteiger partial charge in [0, 0.05) is 0 Å². The van der Waals surface area contributed by atoms with E-state index in [1.54, 1.807) is 12.1 Å². The predicted octanol–water partition coefficient (Wildman–Crippen LogP) is 3.19. The molecule has 0 saturated heterocycles. The van der Waals surface area contributed by atoms with Gasteiger partial charge < -0.3 is 11.1 Å². The van der Waals surface area contributed by atoms with E-state index in [1.165, 1.54) is 12.1 Å². The minimum Gasteiger partial charge on any atom is -0.368 e. The summed E-state index contributed by atoms with van der Waals surface area (Å²) in [6.07, 6.45) is 5.74. The lowest BCUT2D eigenvalue weighted by molar-refractivity contribution is -0.134. The number of hydrogen-bond donors (Lipinski definition) is 2. The van der Waals surface area contributed by atoms with E-state index in [1.807, 2.05) is 13.8 Å². The van der Waals surface area contributed by atoms with Crippen molar-refractivity contribution < 1.29 is 14.0 Å². The van der Waals surface area contributed by atoms with Crippen LogP contribution in [0.3, 0.4) is 0 Å². The molecule has 4 nitrogen and oxygen atoms in total. The van der Waals surface area contributed by atoms with Crippen molar-refractivity contribution in [1.82, 2.24) is 5.32 Å². The average molecular weight is 346 g/mol. The number of nitrogens with one attached hydrogen (secondary N) is 1. The third-order valence-corrected chi connectivity index (χ3v) is 6.24. The molecule has 2 saturated carbocycles. The molecule has 0 aliphatic heterocycles. The maximum absolute atomic E-state index is 13.3. The van der Waals surface area contributed by atoms with Gasteiger partial charge in [-0.15, -0.1) is 0 Å². The van der Waals surface area contributed by atoms with Crippen LogP contribution in [-0.2, 0) is 15.0 Å². The highest BCUT2D eigenvalue weighted by molar-refractivity contribution is 5.98. The van der Waals surface area contributed by atoms with E-state index >= 15 is 0 Å². The van der Waals surface area contributed by atoms with Crippen molar-refractivity contribution in [2.45, 2.75) is 69.7 Å². The maximum atomic E-state index is 13.3. The summed E-state index contributed by atoms with van der Waals surface area (Å²) in [5.74, 6) is -0.935. The van der Waals surface area contributed by atoms with Crippen LogP contribution in [-0.4, -0.2) is 17.4 Å². The largest absolute Gasteiger partial charge is 0.368 e. The van der Waals surface area contributed by atoms with E-state index in [2.05, 4.69) is 5.32 Å². The summed E-state index contributed by atoms with van der Waals surface area (Å²) in [5.41, 5.74) is 4.58. The summed E-state index contributed by atoms with van der Waals surface area (Å²) in [4.78, 5) is 25.5. The van der Waals surface area contributed by atoms with Gasteiger partial charge in [0.05, 0.1) is 5.41 Å². The van der Waals surface area contributed by atoms with Gasteiger partial charge in [-0.05, 0) is 42.4 Å². The van der Waals surface area contributed by atoms with Gasteiger partial charge in [-0.25, -0.2) is 4.39 Å². The van der Waals surface area contributed by atoms with Gasteiger partial charge >= 0.3 is 0 Å². The van der Waals surface area contributed by atoms with Crippen molar-refractivity contribution in [3.63, 3.8) is 0 Å². The Morgan fingerprint density at radius 2 is 1.56 bits per heavy atom. The summed E-state index contributed by atoms with van der Waals surface area (Å²) in [5, 5.41) is 3.04. The standard InChI is InChI=1S/C20H27FN2O2/c1-18(2)13-20(18,14-7-9-15(21)10-8-14)17(25)23-19(16(22)24)11-5-3-4-6-12-19/h7-10H,3-6,11-13H2,1-2H3,(H2,22,24)(H,23,25)/t20-/m0/s1. The monoisotopic (exact) mass is 346 g/mol. The quantitative estimate of drug-likeness (QED) is 0.822. The molecule has 1 aromatic rings. The second-order valence-electron chi connectivity index (χ2n) is 8.29. The number of halogens is 1. The number of benzene rings is 1. The first-order valence-electron chi connectivity index (χ1n) is 9.12. The molecular formula is C20H27FN2O2. The lowest BCUT2D eigenvalue weighted by atomic mass is 9.83. The van der Waals surface area contributed by atoms with Crippen LogP contribution in [0.15, 0.2) is 24.3 Å². The van der Waals surface area contributed by atoms with Crippen molar-refractivity contribution in [3.8, 4) is 0 Å². The van der Waals surface area contributed by atoms with E-state index in [0.29, 0.717) is 19.3 Å². The van der Waals surface area contributed by atoms with Crippen molar-refractivity contribution in [3.05, 3.63) is 35.6 Å². The Kier molecular flexibility index (Phi) is 4.38. The van der Waals surface area contributed by atoms with Crippen LogP contribution < -0.4 is 11.1 Å². The summed E-state index contributed by atoms with van der Waals surface area (Å²) >= 11 is 0. The molecule has 1 atom stereocenters. The van der Waals surface area contributed by atoms with Gasteiger partial charge in [-0.3, -0.25) is 9.59 Å². The first-order valence-corrected chi connectivity index (χ1v) is 9.12. The second-order valence-corrected chi connectivity index (χ2v) is 8.29. The summed E-state index contributed by atoms with van der Waals surface area (Å²) in [7, 11) is 0. The third-order valence-electron chi connectivity index (χ3n) is 6.24. The van der Waals surface area contributed by atoms with E-state index < -0.39 is 16.9 Å². The van der Waals surface area contributed by atoms with Gasteiger partial charge in [0.15, 0.2) is 0 Å². The highest BCUT2D eigenvalue weighted by Crippen LogP contribution is 2.64. The number of amides is 2. The van der Waals surface area contributed by atoms with E-state index in [-0.39, 0.29) is 17.1 Å². The molecule has 3 rings (SSSR count). The Labute approximate surface area is 148 Å². The van der Waals surface area contributed by atoms with Crippen LogP contribution in [0.2, 0.25) is 0 Å². The number of nitrogens with two attached hydrogens (primary N) is 1. The molecule has 2 fully saturated rings. The molecule has 5 heteroatoms. The van der Waals surface area contributed by atoms with E-state index in [4.69, 9.17) is 5.73 Å². The molecule has 0 bridgehead atoms. The molecule has 0 spiro atoms. The molecule has 3 N–H and O–H groups in total. The molecule has 1 aromatic carbocycles. The first kappa shape index (κ1) is 17.9. The van der Waals surface area contributed by atoms with Crippen LogP contribution in [0.4, 0.5) is 4.39 Å². The summed E-state index contributed by atoms with van der Waals surface area (Å²) < 4.78 is 13.3. The highest BCUT2D eigenvalue weighted by atomic mass is 19.1. The Hall–Kier alpha value is -1.91. The number of hydrogen-bond acceptors (Lipinski definition) is 2. The molecule has 0 unspecified atom stereocenters. The SMILES string of the molecule is CC1(C)C[C@@]1(C(=O)NC1(C(N)=O)CCCCCC1)c1ccc(F)cc1. The molecular weight excluding hydrogens is 319 g/mol. The lowest BCUT2D eigenvalue weighted by Crippen LogP contribution is -2.59. The van der Waals surface area contributed by atoms with Gasteiger partial charge in [0.2, 0.25) is 11.8 Å². The summed E-state index contributed by atoms with van der Waals surface area (Å²) in [6.45, 7) is 4.06. The zero-order valence-corrected chi connectivity index (χ0v) is 15.0. The Bertz CT molecular complexity index is 675. The Morgan fingerprint density at radius 3 is 2.00 bits per heavy atom. The van der Waals surface area contributed by atoms with Crippen molar-refractivity contribution >= 4 is 11.8 Å². The average Bonchev–Trinajstić information content (AvgIpc) is 3.21. The molecule has 0 heterocycles. The van der Waals surface area contributed by atoms with Crippen molar-refractivity contribution in [1.29, 1.82) is 0 Å². The smallest absolute Gasteiger partial charge is 0.243 e. The molecule has 0 aromatic heterocycles. The van der Waals surface area contributed by atoms with Crippen LogP contribution >= 0.6 is 0 Å². The van der Waals surface area contributed by atoms with Gasteiger partial charge in [0.1, 0.15) is 11.4 Å². The lowest BCUT2D eigenvalue weighted by Gasteiger charge is -2.33. The fourth-order valence-electron chi connectivity index (χ4n) is 4.45. The highest BCUT2D eigenvalue weighted by Gasteiger charge is 2.67. The topological polar surface area (TPSA) is 72.2 Å². The van der Waals surface area contributed by atoms with E-state index in [0.717, 1.165) is 31.2 Å². The Balaban J connectivity index is 1.91. The molecule has 2 aliphatic rings. The van der Waals surface area contributed by atoms with Crippen molar-refractivity contribution in [2.75, 3.05) is 0 Å². The normalized spacial score (nSPS) is 27.2. The molecule has 2 aliphatic carbocycles. The predicted molar refractivity (Wildman–Crippen MR) is 94.2 cm³/mol. The zero-order valence-electron chi connectivity index (χ0n) is 15.0. The Morgan fingerprint density at radius 1 is 1.04 bits per heavy atom.